The number of amidine groups is 1. The first-order valence-corrected chi connectivity index (χ1v) is 11.4. The van der Waals surface area contributed by atoms with Crippen molar-refractivity contribution in [1.82, 2.24) is 15.0 Å². The number of nitrogens with two attached hydrogens (primary N) is 1. The summed E-state index contributed by atoms with van der Waals surface area (Å²) in [5.74, 6) is 2.23. The number of amides is 1. The molecule has 2 aromatic heterocycles. The van der Waals surface area contributed by atoms with E-state index >= 15 is 0 Å². The van der Waals surface area contributed by atoms with Crippen LogP contribution in [0.3, 0.4) is 0 Å². The third-order valence-electron chi connectivity index (χ3n) is 5.51. The summed E-state index contributed by atoms with van der Waals surface area (Å²) in [5, 5.41) is 3.84. The molecule has 1 amide bonds. The Morgan fingerprint density at radius 1 is 1.11 bits per heavy atom. The summed E-state index contributed by atoms with van der Waals surface area (Å²) < 4.78 is 13.6. The maximum absolute atomic E-state index is 12.7. The largest absolute Gasteiger partial charge is 0.493 e. The summed E-state index contributed by atoms with van der Waals surface area (Å²) in [4.78, 5) is 17.3. The number of hydrazone groups is 1. The minimum atomic E-state index is -0.450. The van der Waals surface area contributed by atoms with E-state index in [1.807, 2.05) is 90.6 Å². The van der Waals surface area contributed by atoms with E-state index < -0.39 is 6.04 Å². The van der Waals surface area contributed by atoms with E-state index in [9.17, 15) is 4.79 Å². The van der Waals surface area contributed by atoms with E-state index in [0.29, 0.717) is 31.2 Å². The van der Waals surface area contributed by atoms with Crippen LogP contribution in [0.5, 0.6) is 5.75 Å². The summed E-state index contributed by atoms with van der Waals surface area (Å²) in [5.41, 5.74) is 10.9. The second kappa shape index (κ2) is 11.2. The summed E-state index contributed by atoms with van der Waals surface area (Å²) in [6.07, 6.45) is 4.85. The van der Waals surface area contributed by atoms with Gasteiger partial charge in [-0.1, -0.05) is 30.3 Å². The van der Waals surface area contributed by atoms with Crippen LogP contribution in [0.1, 0.15) is 30.0 Å². The average molecular weight is 472 g/mol. The number of aromatic nitrogens is 2. The molecule has 35 heavy (non-hydrogen) atoms. The van der Waals surface area contributed by atoms with E-state index in [1.165, 1.54) is 0 Å². The molecule has 0 fully saturated rings. The average Bonchev–Trinajstić information content (AvgIpc) is 3.53. The molecule has 0 spiro atoms. The van der Waals surface area contributed by atoms with Crippen LogP contribution >= 0.6 is 0 Å². The lowest BCUT2D eigenvalue weighted by molar-refractivity contribution is -0.124. The standard InChI is InChI=1S/C27H29N5O3/c1-19-24(29-27(35-19)22-8-4-3-5-9-22)14-17-34-23-12-10-21(11-13-23)18-25(32-15-6-7-16-32)26(33)31-30-20(2)28/h3-13,15-16,25H,14,17-18H2,1-2H3,(H2,28,30)(H,31,33)/t25-/m0/s1. The van der Waals surface area contributed by atoms with Gasteiger partial charge in [0.25, 0.3) is 5.91 Å². The van der Waals surface area contributed by atoms with Gasteiger partial charge in [-0.25, -0.2) is 10.4 Å². The maximum Gasteiger partial charge on any atom is 0.263 e. The Bertz CT molecular complexity index is 1260. The summed E-state index contributed by atoms with van der Waals surface area (Å²) in [6.45, 7) is 4.02. The van der Waals surface area contributed by atoms with Gasteiger partial charge in [0.15, 0.2) is 0 Å². The van der Waals surface area contributed by atoms with Crippen molar-refractivity contribution < 1.29 is 13.9 Å². The molecule has 0 saturated heterocycles. The fourth-order valence-electron chi connectivity index (χ4n) is 3.68. The number of carbonyl (C=O) groups excluding carboxylic acids is 1. The Hall–Kier alpha value is -4.33. The first kappa shape index (κ1) is 23.8. The van der Waals surface area contributed by atoms with Gasteiger partial charge < -0.3 is 19.5 Å². The van der Waals surface area contributed by atoms with Crippen molar-refractivity contribution in [1.29, 1.82) is 0 Å². The molecule has 0 aliphatic heterocycles. The monoisotopic (exact) mass is 471 g/mol. The fraction of sp³-hybridized carbons (Fsp3) is 0.222. The fourth-order valence-corrected chi connectivity index (χ4v) is 3.68. The topological polar surface area (TPSA) is 108 Å². The molecule has 0 aliphatic rings. The summed E-state index contributed by atoms with van der Waals surface area (Å²) >= 11 is 0. The van der Waals surface area contributed by atoms with E-state index in [2.05, 4.69) is 15.5 Å². The molecule has 0 bridgehead atoms. The molecule has 3 N–H and O–H groups in total. The zero-order chi connectivity index (χ0) is 24.6. The summed E-state index contributed by atoms with van der Waals surface area (Å²) in [6, 6.07) is 20.9. The molecule has 0 unspecified atom stereocenters. The SMILES string of the molecule is C/C(N)=N/NC(=O)[C@H](Cc1ccc(OCCc2nc(-c3ccccc3)oc2C)cc1)n1cccc1. The quantitative estimate of drug-likeness (QED) is 0.204. The Morgan fingerprint density at radius 2 is 1.83 bits per heavy atom. The number of nitrogens with one attached hydrogen (secondary N) is 1. The molecule has 1 atom stereocenters. The van der Waals surface area contributed by atoms with Crippen molar-refractivity contribution in [2.24, 2.45) is 10.8 Å². The van der Waals surface area contributed by atoms with Crippen molar-refractivity contribution in [2.75, 3.05) is 6.61 Å². The van der Waals surface area contributed by atoms with Crippen LogP contribution < -0.4 is 15.9 Å². The number of carbonyl (C=O) groups is 1. The molecular formula is C27H29N5O3. The number of aryl methyl sites for hydroxylation is 1. The highest BCUT2D eigenvalue weighted by Crippen LogP contribution is 2.22. The predicted octanol–water partition coefficient (Wildman–Crippen LogP) is 4.27. The molecule has 8 nitrogen and oxygen atoms in total. The zero-order valence-corrected chi connectivity index (χ0v) is 19.8. The summed E-state index contributed by atoms with van der Waals surface area (Å²) in [7, 11) is 0. The predicted molar refractivity (Wildman–Crippen MR) is 135 cm³/mol. The van der Waals surface area contributed by atoms with Crippen molar-refractivity contribution in [2.45, 2.75) is 32.7 Å². The lowest BCUT2D eigenvalue weighted by Crippen LogP contribution is -2.31. The molecule has 4 aromatic rings. The van der Waals surface area contributed by atoms with Gasteiger partial charge in [0.2, 0.25) is 5.89 Å². The van der Waals surface area contributed by atoms with E-state index in [4.69, 9.17) is 14.9 Å². The lowest BCUT2D eigenvalue weighted by Gasteiger charge is -2.17. The first-order chi connectivity index (χ1) is 17.0. The number of ether oxygens (including phenoxy) is 1. The molecule has 0 saturated carbocycles. The van der Waals surface area contributed by atoms with Gasteiger partial charge >= 0.3 is 0 Å². The third-order valence-corrected chi connectivity index (χ3v) is 5.51. The van der Waals surface area contributed by atoms with Crippen molar-refractivity contribution in [3.8, 4) is 17.2 Å². The van der Waals surface area contributed by atoms with Gasteiger partial charge in [0.05, 0.1) is 12.3 Å². The Labute approximate surface area is 204 Å². The Balaban J connectivity index is 1.34. The van der Waals surface area contributed by atoms with Gasteiger partial charge in [-0.3, -0.25) is 4.79 Å². The van der Waals surface area contributed by atoms with Gasteiger partial charge in [0.1, 0.15) is 23.4 Å². The highest BCUT2D eigenvalue weighted by Gasteiger charge is 2.20. The highest BCUT2D eigenvalue weighted by molar-refractivity contribution is 5.83. The van der Waals surface area contributed by atoms with Crippen LogP contribution in [0.25, 0.3) is 11.5 Å². The molecule has 2 aromatic carbocycles. The van der Waals surface area contributed by atoms with Gasteiger partial charge in [-0.2, -0.15) is 5.10 Å². The Morgan fingerprint density at radius 3 is 2.51 bits per heavy atom. The van der Waals surface area contributed by atoms with Crippen LogP contribution in [0, 0.1) is 6.92 Å². The van der Waals surface area contributed by atoms with Crippen molar-refractivity contribution in [3.05, 3.63) is 96.1 Å². The molecule has 4 rings (SSSR count). The van der Waals surface area contributed by atoms with Crippen LogP contribution in [-0.4, -0.2) is 27.9 Å². The Kier molecular flexibility index (Phi) is 7.62. The molecule has 0 radical (unpaired) electrons. The van der Waals surface area contributed by atoms with Crippen LogP contribution in [0.15, 0.2) is 88.6 Å². The minimum absolute atomic E-state index is 0.232. The number of hydrogen-bond acceptors (Lipinski definition) is 5. The van der Waals surface area contributed by atoms with E-state index in [-0.39, 0.29) is 5.91 Å². The highest BCUT2D eigenvalue weighted by atomic mass is 16.5. The van der Waals surface area contributed by atoms with Gasteiger partial charge in [-0.15, -0.1) is 0 Å². The van der Waals surface area contributed by atoms with Gasteiger partial charge in [-0.05, 0) is 55.8 Å². The molecular weight excluding hydrogens is 442 g/mol. The van der Waals surface area contributed by atoms with E-state index in [0.717, 1.165) is 28.3 Å². The van der Waals surface area contributed by atoms with Crippen molar-refractivity contribution >= 4 is 11.7 Å². The molecule has 180 valence electrons. The second-order valence-electron chi connectivity index (χ2n) is 8.21. The van der Waals surface area contributed by atoms with Crippen molar-refractivity contribution in [3.63, 3.8) is 0 Å². The maximum atomic E-state index is 12.7. The first-order valence-electron chi connectivity index (χ1n) is 11.4. The second-order valence-corrected chi connectivity index (χ2v) is 8.21. The van der Waals surface area contributed by atoms with Crippen LogP contribution in [0.2, 0.25) is 0 Å². The zero-order valence-electron chi connectivity index (χ0n) is 19.8. The molecule has 2 heterocycles. The van der Waals surface area contributed by atoms with Crippen LogP contribution in [-0.2, 0) is 17.6 Å². The lowest BCUT2D eigenvalue weighted by atomic mass is 10.1. The molecule has 0 aliphatic carbocycles. The number of hydrogen-bond donors (Lipinski definition) is 2. The van der Waals surface area contributed by atoms with E-state index in [1.54, 1.807) is 6.92 Å². The number of benzene rings is 2. The number of rotatable bonds is 10. The number of nitrogens with zero attached hydrogens (tertiary/aromatic N) is 3. The third kappa shape index (κ3) is 6.38. The molecule has 8 heteroatoms. The van der Waals surface area contributed by atoms with Crippen LogP contribution in [0.4, 0.5) is 0 Å². The van der Waals surface area contributed by atoms with Gasteiger partial charge in [0, 0.05) is 30.8 Å². The normalized spacial score (nSPS) is 12.3. The minimum Gasteiger partial charge on any atom is -0.493 e. The number of oxazole rings is 1. The smallest absolute Gasteiger partial charge is 0.263 e.